The lowest BCUT2D eigenvalue weighted by Gasteiger charge is -2.14. The summed E-state index contributed by atoms with van der Waals surface area (Å²) in [6.45, 7) is 0.708. The second kappa shape index (κ2) is 7.29. The molecule has 21 heavy (non-hydrogen) atoms. The molecule has 3 nitrogen and oxygen atoms in total. The Morgan fingerprint density at radius 3 is 2.71 bits per heavy atom. The van der Waals surface area contributed by atoms with Gasteiger partial charge in [-0.05, 0) is 25.2 Å². The minimum absolute atomic E-state index is 0.0649. The first-order valence-electron chi connectivity index (χ1n) is 6.53. The van der Waals surface area contributed by atoms with Gasteiger partial charge < -0.3 is 14.8 Å². The molecule has 5 heteroatoms. The van der Waals surface area contributed by atoms with E-state index in [1.807, 2.05) is 19.2 Å². The minimum Gasteiger partial charge on any atom is -0.497 e. The second-order valence-corrected chi connectivity index (χ2v) is 4.90. The number of hydrogen-bond acceptors (Lipinski definition) is 3. The maximum Gasteiger partial charge on any atom is 0.131 e. The summed E-state index contributed by atoms with van der Waals surface area (Å²) in [6.07, 6.45) is 0. The van der Waals surface area contributed by atoms with Crippen LogP contribution in [0.25, 0.3) is 0 Å². The molecule has 0 heterocycles. The molecule has 112 valence electrons. The number of ether oxygens (including phenoxy) is 2. The Morgan fingerprint density at radius 2 is 2.05 bits per heavy atom. The first-order chi connectivity index (χ1) is 10.2. The Morgan fingerprint density at radius 1 is 1.24 bits per heavy atom. The van der Waals surface area contributed by atoms with Gasteiger partial charge in [0.1, 0.15) is 23.9 Å². The van der Waals surface area contributed by atoms with Crippen molar-refractivity contribution in [1.82, 2.24) is 5.32 Å². The SMILES string of the molecule is CNCc1ccc(OC)cc1OCc1c(F)cccc1Cl. The van der Waals surface area contributed by atoms with Crippen LogP contribution < -0.4 is 14.8 Å². The van der Waals surface area contributed by atoms with Crippen LogP contribution in [0.5, 0.6) is 11.5 Å². The van der Waals surface area contributed by atoms with Gasteiger partial charge >= 0.3 is 0 Å². The van der Waals surface area contributed by atoms with Crippen molar-refractivity contribution in [2.24, 2.45) is 0 Å². The predicted molar refractivity (Wildman–Crippen MR) is 81.5 cm³/mol. The van der Waals surface area contributed by atoms with E-state index in [4.69, 9.17) is 21.1 Å². The smallest absolute Gasteiger partial charge is 0.131 e. The Hall–Kier alpha value is -1.78. The number of rotatable bonds is 6. The van der Waals surface area contributed by atoms with Crippen LogP contribution in [0.1, 0.15) is 11.1 Å². The summed E-state index contributed by atoms with van der Waals surface area (Å²) in [6, 6.07) is 10.1. The van der Waals surface area contributed by atoms with Gasteiger partial charge in [-0.2, -0.15) is 0 Å². The van der Waals surface area contributed by atoms with E-state index in [-0.39, 0.29) is 12.4 Å². The molecule has 2 rings (SSSR count). The van der Waals surface area contributed by atoms with Gasteiger partial charge in [-0.25, -0.2) is 4.39 Å². The first kappa shape index (κ1) is 15.6. The Bertz CT molecular complexity index is 599. The van der Waals surface area contributed by atoms with E-state index in [0.29, 0.717) is 28.6 Å². The van der Waals surface area contributed by atoms with Crippen molar-refractivity contribution in [3.8, 4) is 11.5 Å². The third kappa shape index (κ3) is 3.86. The third-order valence-corrected chi connectivity index (χ3v) is 3.43. The molecule has 0 atom stereocenters. The van der Waals surface area contributed by atoms with E-state index >= 15 is 0 Å². The number of methoxy groups -OCH3 is 1. The highest BCUT2D eigenvalue weighted by Gasteiger charge is 2.10. The molecule has 0 amide bonds. The largest absolute Gasteiger partial charge is 0.497 e. The fraction of sp³-hybridized carbons (Fsp3) is 0.250. The van der Waals surface area contributed by atoms with Crippen LogP contribution in [-0.4, -0.2) is 14.2 Å². The van der Waals surface area contributed by atoms with Crippen LogP contribution in [0.2, 0.25) is 5.02 Å². The monoisotopic (exact) mass is 309 g/mol. The average Bonchev–Trinajstić information content (AvgIpc) is 2.48. The topological polar surface area (TPSA) is 30.5 Å². The summed E-state index contributed by atoms with van der Waals surface area (Å²) in [7, 11) is 3.44. The van der Waals surface area contributed by atoms with Gasteiger partial charge in [-0.15, -0.1) is 0 Å². The van der Waals surface area contributed by atoms with Crippen molar-refractivity contribution in [3.63, 3.8) is 0 Å². The lowest BCUT2D eigenvalue weighted by molar-refractivity contribution is 0.294. The predicted octanol–water partition coefficient (Wildman–Crippen LogP) is 3.79. The standard InChI is InChI=1S/C16H17ClFNO2/c1-19-9-11-6-7-12(20-2)8-16(11)21-10-13-14(17)4-3-5-15(13)18/h3-8,19H,9-10H2,1-2H3. The van der Waals surface area contributed by atoms with Crippen molar-refractivity contribution in [2.75, 3.05) is 14.2 Å². The number of hydrogen-bond donors (Lipinski definition) is 1. The molecular weight excluding hydrogens is 293 g/mol. The summed E-state index contributed by atoms with van der Waals surface area (Å²) < 4.78 is 24.7. The van der Waals surface area contributed by atoms with Crippen LogP contribution in [0.15, 0.2) is 36.4 Å². The summed E-state index contributed by atoms with van der Waals surface area (Å²) in [5.74, 6) is 0.952. The highest BCUT2D eigenvalue weighted by atomic mass is 35.5. The molecule has 1 N–H and O–H groups in total. The minimum atomic E-state index is -0.374. The van der Waals surface area contributed by atoms with Crippen LogP contribution >= 0.6 is 11.6 Å². The van der Waals surface area contributed by atoms with Gasteiger partial charge in [0.25, 0.3) is 0 Å². The van der Waals surface area contributed by atoms with Gasteiger partial charge in [-0.3, -0.25) is 0 Å². The van der Waals surface area contributed by atoms with Crippen LogP contribution in [0, 0.1) is 5.82 Å². The number of halogens is 2. The molecule has 0 saturated carbocycles. The molecule has 2 aromatic carbocycles. The van der Waals surface area contributed by atoms with Crippen LogP contribution in [0.4, 0.5) is 4.39 Å². The Labute approximate surface area is 128 Å². The fourth-order valence-electron chi connectivity index (χ4n) is 1.95. The van der Waals surface area contributed by atoms with Crippen molar-refractivity contribution >= 4 is 11.6 Å². The number of nitrogens with one attached hydrogen (secondary N) is 1. The summed E-state index contributed by atoms with van der Waals surface area (Å²) in [5, 5.41) is 3.42. The molecule has 0 radical (unpaired) electrons. The molecule has 0 fully saturated rings. The van der Waals surface area contributed by atoms with Crippen LogP contribution in [-0.2, 0) is 13.2 Å². The molecule has 0 aliphatic rings. The molecule has 0 aliphatic heterocycles. The summed E-state index contributed by atoms with van der Waals surface area (Å²) >= 11 is 6.00. The molecule has 0 spiro atoms. The van der Waals surface area contributed by atoms with Gasteiger partial charge in [0, 0.05) is 23.7 Å². The molecular formula is C16H17ClFNO2. The highest BCUT2D eigenvalue weighted by Crippen LogP contribution is 2.27. The highest BCUT2D eigenvalue weighted by molar-refractivity contribution is 6.31. The van der Waals surface area contributed by atoms with Gasteiger partial charge in [0.2, 0.25) is 0 Å². The number of benzene rings is 2. The molecule has 2 aromatic rings. The lowest BCUT2D eigenvalue weighted by atomic mass is 10.2. The fourth-order valence-corrected chi connectivity index (χ4v) is 2.17. The van der Waals surface area contributed by atoms with Gasteiger partial charge in [0.15, 0.2) is 0 Å². The quantitative estimate of drug-likeness (QED) is 0.880. The molecule has 0 aromatic heterocycles. The van der Waals surface area contributed by atoms with E-state index in [9.17, 15) is 4.39 Å². The van der Waals surface area contributed by atoms with Gasteiger partial charge in [-0.1, -0.05) is 23.7 Å². The summed E-state index contributed by atoms with van der Waals surface area (Å²) in [4.78, 5) is 0. The third-order valence-electron chi connectivity index (χ3n) is 3.08. The Balaban J connectivity index is 2.22. The van der Waals surface area contributed by atoms with E-state index in [2.05, 4.69) is 5.32 Å². The maximum atomic E-state index is 13.7. The summed E-state index contributed by atoms with van der Waals surface area (Å²) in [5.41, 5.74) is 1.31. The van der Waals surface area contributed by atoms with Crippen molar-refractivity contribution in [1.29, 1.82) is 0 Å². The molecule has 0 saturated heterocycles. The second-order valence-electron chi connectivity index (χ2n) is 4.49. The van der Waals surface area contributed by atoms with Crippen molar-refractivity contribution < 1.29 is 13.9 Å². The lowest BCUT2D eigenvalue weighted by Crippen LogP contribution is -2.08. The van der Waals surface area contributed by atoms with Crippen molar-refractivity contribution in [3.05, 3.63) is 58.4 Å². The molecule has 0 aliphatic carbocycles. The van der Waals surface area contributed by atoms with Gasteiger partial charge in [0.05, 0.1) is 12.1 Å². The zero-order valence-electron chi connectivity index (χ0n) is 12.0. The normalized spacial score (nSPS) is 10.5. The maximum absolute atomic E-state index is 13.7. The average molecular weight is 310 g/mol. The van der Waals surface area contributed by atoms with E-state index < -0.39 is 0 Å². The van der Waals surface area contributed by atoms with Crippen LogP contribution in [0.3, 0.4) is 0 Å². The van der Waals surface area contributed by atoms with E-state index in [1.54, 1.807) is 25.3 Å². The Kier molecular flexibility index (Phi) is 5.42. The van der Waals surface area contributed by atoms with E-state index in [0.717, 1.165) is 5.56 Å². The first-order valence-corrected chi connectivity index (χ1v) is 6.90. The molecule has 0 unspecified atom stereocenters. The zero-order valence-corrected chi connectivity index (χ0v) is 12.7. The zero-order chi connectivity index (χ0) is 15.2. The molecule has 0 bridgehead atoms. The van der Waals surface area contributed by atoms with E-state index in [1.165, 1.54) is 6.07 Å². The van der Waals surface area contributed by atoms with Crippen molar-refractivity contribution in [2.45, 2.75) is 13.2 Å².